The molecular formula is C16H21FN2O. The van der Waals surface area contributed by atoms with E-state index in [0.717, 1.165) is 12.8 Å². The van der Waals surface area contributed by atoms with Gasteiger partial charge in [-0.05, 0) is 24.0 Å². The van der Waals surface area contributed by atoms with Crippen LogP contribution in [-0.4, -0.2) is 54.6 Å². The van der Waals surface area contributed by atoms with Gasteiger partial charge in [-0.1, -0.05) is 24.3 Å². The molecule has 1 heterocycles. The lowest BCUT2D eigenvalue weighted by molar-refractivity contribution is -0.140. The van der Waals surface area contributed by atoms with E-state index >= 15 is 0 Å². The summed E-state index contributed by atoms with van der Waals surface area (Å²) in [4.78, 5) is 15.5. The van der Waals surface area contributed by atoms with E-state index in [0.29, 0.717) is 19.0 Å². The van der Waals surface area contributed by atoms with Crippen molar-refractivity contribution in [1.82, 2.24) is 9.80 Å². The molecule has 1 aliphatic heterocycles. The molecule has 108 valence electrons. The van der Waals surface area contributed by atoms with Crippen molar-refractivity contribution >= 4 is 5.91 Å². The Labute approximate surface area is 119 Å². The van der Waals surface area contributed by atoms with Crippen LogP contribution in [0.3, 0.4) is 0 Å². The van der Waals surface area contributed by atoms with E-state index < -0.39 is 11.6 Å². The standard InChI is InChI=1S/C16H21FN2O/c1-18(2)15(20)16(17)7-8-19(11-16)14-9-12-5-3-4-6-13(12)10-14/h3-6,14H,7-11H2,1-2H3. The van der Waals surface area contributed by atoms with Gasteiger partial charge in [0.05, 0.1) is 0 Å². The Balaban J connectivity index is 1.69. The Morgan fingerprint density at radius 2 is 1.90 bits per heavy atom. The number of halogens is 1. The van der Waals surface area contributed by atoms with Crippen molar-refractivity contribution < 1.29 is 9.18 Å². The minimum Gasteiger partial charge on any atom is -0.346 e. The molecule has 3 rings (SSSR count). The van der Waals surface area contributed by atoms with Crippen molar-refractivity contribution in [3.05, 3.63) is 35.4 Å². The summed E-state index contributed by atoms with van der Waals surface area (Å²) in [5.41, 5.74) is 1.04. The van der Waals surface area contributed by atoms with Gasteiger partial charge in [0.25, 0.3) is 5.91 Å². The highest BCUT2D eigenvalue weighted by molar-refractivity contribution is 5.85. The van der Waals surface area contributed by atoms with Crippen LogP contribution in [0.15, 0.2) is 24.3 Å². The molecule has 1 atom stereocenters. The van der Waals surface area contributed by atoms with Crippen molar-refractivity contribution in [3.63, 3.8) is 0 Å². The predicted molar refractivity (Wildman–Crippen MR) is 76.4 cm³/mol. The van der Waals surface area contributed by atoms with Gasteiger partial charge in [0.15, 0.2) is 0 Å². The molecule has 4 heteroatoms. The number of hydrogen-bond acceptors (Lipinski definition) is 2. The summed E-state index contributed by atoms with van der Waals surface area (Å²) in [6.07, 6.45) is 2.27. The van der Waals surface area contributed by atoms with Gasteiger partial charge in [0, 0.05) is 39.6 Å². The monoisotopic (exact) mass is 276 g/mol. The Morgan fingerprint density at radius 1 is 1.30 bits per heavy atom. The quantitative estimate of drug-likeness (QED) is 0.820. The predicted octanol–water partition coefficient (Wildman–Crippen LogP) is 1.66. The molecule has 2 aliphatic rings. The van der Waals surface area contributed by atoms with Crippen LogP contribution >= 0.6 is 0 Å². The van der Waals surface area contributed by atoms with Crippen molar-refractivity contribution in [2.45, 2.75) is 31.0 Å². The second kappa shape index (κ2) is 4.85. The minimum absolute atomic E-state index is 0.239. The fourth-order valence-electron chi connectivity index (χ4n) is 3.48. The average molecular weight is 276 g/mol. The fourth-order valence-corrected chi connectivity index (χ4v) is 3.48. The van der Waals surface area contributed by atoms with Crippen molar-refractivity contribution in [2.24, 2.45) is 0 Å². The van der Waals surface area contributed by atoms with Gasteiger partial charge in [0.1, 0.15) is 0 Å². The second-order valence-corrected chi connectivity index (χ2v) is 6.22. The van der Waals surface area contributed by atoms with Gasteiger partial charge >= 0.3 is 0 Å². The van der Waals surface area contributed by atoms with Crippen molar-refractivity contribution in [2.75, 3.05) is 27.2 Å². The van der Waals surface area contributed by atoms with Crippen LogP contribution in [0.5, 0.6) is 0 Å². The lowest BCUT2D eigenvalue weighted by Crippen LogP contribution is -2.46. The molecule has 3 nitrogen and oxygen atoms in total. The maximum atomic E-state index is 14.8. The molecule has 1 aromatic carbocycles. The van der Waals surface area contributed by atoms with Crippen LogP contribution < -0.4 is 0 Å². The fraction of sp³-hybridized carbons (Fsp3) is 0.562. The Hall–Kier alpha value is -1.42. The summed E-state index contributed by atoms with van der Waals surface area (Å²) in [7, 11) is 3.25. The van der Waals surface area contributed by atoms with Crippen molar-refractivity contribution in [3.8, 4) is 0 Å². The van der Waals surface area contributed by atoms with Gasteiger partial charge in [-0.25, -0.2) is 4.39 Å². The number of carbonyl (C=O) groups excluding carboxylic acids is 1. The summed E-state index contributed by atoms with van der Waals surface area (Å²) in [5, 5.41) is 0. The first-order chi connectivity index (χ1) is 9.49. The first-order valence-corrected chi connectivity index (χ1v) is 7.21. The molecule has 0 N–H and O–H groups in total. The minimum atomic E-state index is -1.70. The molecule has 0 aromatic heterocycles. The van der Waals surface area contributed by atoms with Crippen LogP contribution in [-0.2, 0) is 17.6 Å². The van der Waals surface area contributed by atoms with Crippen LogP contribution in [0.25, 0.3) is 0 Å². The molecule has 1 saturated heterocycles. The van der Waals surface area contributed by atoms with Crippen LogP contribution in [0.1, 0.15) is 17.5 Å². The van der Waals surface area contributed by atoms with Gasteiger partial charge in [-0.15, -0.1) is 0 Å². The zero-order valence-corrected chi connectivity index (χ0v) is 12.1. The third-order valence-electron chi connectivity index (χ3n) is 4.58. The van der Waals surface area contributed by atoms with E-state index in [2.05, 4.69) is 29.2 Å². The first-order valence-electron chi connectivity index (χ1n) is 7.21. The summed E-state index contributed by atoms with van der Waals surface area (Å²) in [6, 6.07) is 8.76. The largest absolute Gasteiger partial charge is 0.346 e. The maximum absolute atomic E-state index is 14.8. The Morgan fingerprint density at radius 3 is 2.45 bits per heavy atom. The molecule has 1 aromatic rings. The van der Waals surface area contributed by atoms with E-state index in [-0.39, 0.29) is 6.54 Å². The maximum Gasteiger partial charge on any atom is 0.261 e. The topological polar surface area (TPSA) is 23.6 Å². The highest BCUT2D eigenvalue weighted by Crippen LogP contribution is 2.33. The van der Waals surface area contributed by atoms with Crippen LogP contribution in [0.4, 0.5) is 4.39 Å². The molecule has 20 heavy (non-hydrogen) atoms. The third-order valence-corrected chi connectivity index (χ3v) is 4.58. The van der Waals surface area contributed by atoms with E-state index in [9.17, 15) is 9.18 Å². The Bertz CT molecular complexity index is 506. The molecule has 1 unspecified atom stereocenters. The van der Waals surface area contributed by atoms with Gasteiger partial charge in [-0.3, -0.25) is 9.69 Å². The highest BCUT2D eigenvalue weighted by Gasteiger charge is 2.48. The number of fused-ring (bicyclic) bond motifs is 1. The average Bonchev–Trinajstić information content (AvgIpc) is 3.01. The van der Waals surface area contributed by atoms with E-state index in [4.69, 9.17) is 0 Å². The van der Waals surface area contributed by atoms with E-state index in [1.165, 1.54) is 16.0 Å². The molecule has 0 radical (unpaired) electrons. The molecule has 1 fully saturated rings. The number of benzene rings is 1. The number of amides is 1. The lowest BCUT2D eigenvalue weighted by atomic mass is 10.0. The van der Waals surface area contributed by atoms with Gasteiger partial charge < -0.3 is 4.90 Å². The normalized spacial score (nSPS) is 26.8. The summed E-state index contributed by atoms with van der Waals surface area (Å²) < 4.78 is 14.8. The second-order valence-electron chi connectivity index (χ2n) is 6.22. The SMILES string of the molecule is CN(C)C(=O)C1(F)CCN(C2Cc3ccccc3C2)C1. The number of carbonyl (C=O) groups is 1. The lowest BCUT2D eigenvalue weighted by Gasteiger charge is -2.26. The molecule has 1 amide bonds. The highest BCUT2D eigenvalue weighted by atomic mass is 19.1. The smallest absolute Gasteiger partial charge is 0.261 e. The summed E-state index contributed by atoms with van der Waals surface area (Å²) in [6.45, 7) is 0.914. The van der Waals surface area contributed by atoms with Crippen LogP contribution in [0, 0.1) is 0 Å². The van der Waals surface area contributed by atoms with Gasteiger partial charge in [-0.2, -0.15) is 0 Å². The number of hydrogen-bond donors (Lipinski definition) is 0. The zero-order chi connectivity index (χ0) is 14.3. The van der Waals surface area contributed by atoms with Crippen LogP contribution in [0.2, 0.25) is 0 Å². The van der Waals surface area contributed by atoms with Gasteiger partial charge in [0.2, 0.25) is 5.67 Å². The number of alkyl halides is 1. The van der Waals surface area contributed by atoms with E-state index in [1.807, 2.05) is 0 Å². The molecule has 0 saturated carbocycles. The molecule has 0 bridgehead atoms. The van der Waals surface area contributed by atoms with E-state index in [1.54, 1.807) is 14.1 Å². The molecule has 0 spiro atoms. The Kier molecular flexibility index (Phi) is 3.28. The zero-order valence-electron chi connectivity index (χ0n) is 12.1. The molecule has 1 aliphatic carbocycles. The number of nitrogens with zero attached hydrogens (tertiary/aromatic N) is 2. The number of likely N-dealkylation sites (tertiary alicyclic amines) is 1. The number of rotatable bonds is 2. The molecular weight excluding hydrogens is 255 g/mol. The van der Waals surface area contributed by atoms with Crippen molar-refractivity contribution in [1.29, 1.82) is 0 Å². The first kappa shape index (κ1) is 13.6. The summed E-state index contributed by atoms with van der Waals surface area (Å²) in [5.74, 6) is -0.393. The summed E-state index contributed by atoms with van der Waals surface area (Å²) >= 11 is 0. The third kappa shape index (κ3) is 2.22.